The quantitative estimate of drug-likeness (QED) is 0.0128. The van der Waals surface area contributed by atoms with Gasteiger partial charge in [-0.3, -0.25) is 67.5 Å². The fourth-order valence-corrected chi connectivity index (χ4v) is 9.37. The standard InChI is InChI=1S/C55H82N18O17S/c1-27(65-45(81)33(5-2-20-63-54(59)60)66-44(80)32(56)25-43(78)79)52(88)73-22-4-7-40(73)51(87)68-35(16-18-41(57)76)47(83)67-34(6-3-21-64-55(61)62)46(82)72-39(26-91)50(86)71-38(24-29-10-14-31(75)15-11-29)49(85)70-37(23-28-8-12-30(74)13-9-28)48(84)69-36(53(89)90)17-19-42(58)77/h8-15,27,32-40,74-75,91H,2-7,16-26,56H2,1H3,(H2,57,76)(H2,58,77)(H,65,81)(H,66,80)(H,67,83)(H,68,87)(H,69,84)(H,70,85)(H,71,86)(H,72,82)(H,78,79)(H,89,90)(H4,59,60,63)(H4,61,62,64)/t27-,32-,33-,34-,35-,36-,37-,38-,39-,40-/m0/s1. The number of carbonyl (C=O) groups excluding carboxylic acids is 11. The molecule has 1 fully saturated rings. The Hall–Kier alpha value is -10.0. The summed E-state index contributed by atoms with van der Waals surface area (Å²) in [5.74, 6) is -14.6. The molecule has 2 aromatic rings. The van der Waals surface area contributed by atoms with Gasteiger partial charge in [0.25, 0.3) is 0 Å². The molecular weight excluding hydrogens is 1220 g/mol. The van der Waals surface area contributed by atoms with Gasteiger partial charge in [-0.15, -0.1) is 0 Å². The number of nitrogens with two attached hydrogens (primary N) is 7. The van der Waals surface area contributed by atoms with Crippen LogP contribution in [0.2, 0.25) is 0 Å². The smallest absolute Gasteiger partial charge is 0.326 e. The minimum absolute atomic E-state index is 0.00731. The van der Waals surface area contributed by atoms with Gasteiger partial charge in [0.05, 0.1) is 12.5 Å². The van der Waals surface area contributed by atoms with Gasteiger partial charge in [0.2, 0.25) is 65.0 Å². The number of phenols is 2. The van der Waals surface area contributed by atoms with Crippen molar-refractivity contribution in [2.24, 2.45) is 50.1 Å². The molecule has 36 heteroatoms. The summed E-state index contributed by atoms with van der Waals surface area (Å²) in [5, 5.41) is 58.6. The first-order chi connectivity index (χ1) is 42.9. The van der Waals surface area contributed by atoms with E-state index >= 15 is 0 Å². The Morgan fingerprint density at radius 1 is 0.538 bits per heavy atom. The predicted octanol–water partition coefficient (Wildman–Crippen LogP) is -6.77. The van der Waals surface area contributed by atoms with Crippen LogP contribution >= 0.6 is 12.6 Å². The fourth-order valence-electron chi connectivity index (χ4n) is 9.11. The zero-order chi connectivity index (χ0) is 68.1. The normalized spacial score (nSPS) is 15.5. The summed E-state index contributed by atoms with van der Waals surface area (Å²) in [4.78, 5) is 182. The molecule has 0 unspecified atom stereocenters. The molecule has 35 nitrogen and oxygen atoms in total. The number of aliphatic carboxylic acids is 2. The first-order valence-electron chi connectivity index (χ1n) is 28.7. The third-order valence-corrected chi connectivity index (χ3v) is 14.3. The number of carboxylic acids is 2. The lowest BCUT2D eigenvalue weighted by molar-refractivity contribution is -0.142. The van der Waals surface area contributed by atoms with Gasteiger partial charge in [-0.1, -0.05) is 24.3 Å². The third kappa shape index (κ3) is 27.1. The van der Waals surface area contributed by atoms with E-state index in [9.17, 15) is 77.6 Å². The van der Waals surface area contributed by atoms with Crippen LogP contribution in [-0.4, -0.2) is 200 Å². The molecule has 500 valence electrons. The Labute approximate surface area is 527 Å². The van der Waals surface area contributed by atoms with Crippen molar-refractivity contribution in [1.29, 1.82) is 0 Å². The zero-order valence-electron chi connectivity index (χ0n) is 49.8. The number of nitrogens with zero attached hydrogens (tertiary/aromatic N) is 3. The second-order valence-electron chi connectivity index (χ2n) is 21.2. The van der Waals surface area contributed by atoms with E-state index in [2.05, 4.69) is 65.1 Å². The zero-order valence-corrected chi connectivity index (χ0v) is 50.7. The van der Waals surface area contributed by atoms with E-state index in [-0.39, 0.29) is 94.4 Å². The summed E-state index contributed by atoms with van der Waals surface area (Å²) >= 11 is 4.28. The molecule has 1 aliphatic heterocycles. The van der Waals surface area contributed by atoms with Crippen LogP contribution in [0.15, 0.2) is 58.5 Å². The van der Waals surface area contributed by atoms with Crippen LogP contribution in [-0.2, 0) is 75.2 Å². The van der Waals surface area contributed by atoms with E-state index in [1.54, 1.807) is 0 Å². The van der Waals surface area contributed by atoms with Crippen molar-refractivity contribution in [3.8, 4) is 11.5 Å². The van der Waals surface area contributed by atoms with Crippen molar-refractivity contribution in [2.45, 2.75) is 151 Å². The number of benzene rings is 2. The van der Waals surface area contributed by atoms with Crippen molar-refractivity contribution in [3.05, 3.63) is 59.7 Å². The first kappa shape index (κ1) is 75.3. The van der Waals surface area contributed by atoms with Gasteiger partial charge < -0.3 is 108 Å². The molecular formula is C55H82N18O17S. The Bertz CT molecular complexity index is 2970. The van der Waals surface area contributed by atoms with Crippen LogP contribution in [0, 0.1) is 0 Å². The van der Waals surface area contributed by atoms with Gasteiger partial charge in [-0.05, 0) is 93.7 Å². The number of nitrogens with one attached hydrogen (secondary N) is 8. The number of thiol groups is 1. The van der Waals surface area contributed by atoms with Crippen molar-refractivity contribution in [2.75, 3.05) is 25.4 Å². The van der Waals surface area contributed by atoms with Crippen molar-refractivity contribution < 1.29 is 82.8 Å². The average molecular weight is 1300 g/mol. The van der Waals surface area contributed by atoms with Gasteiger partial charge in [-0.25, -0.2) is 4.79 Å². The molecule has 1 saturated heterocycles. The molecule has 0 saturated carbocycles. The molecule has 26 N–H and O–H groups in total. The maximum absolute atomic E-state index is 14.4. The largest absolute Gasteiger partial charge is 0.508 e. The van der Waals surface area contributed by atoms with Gasteiger partial charge in [0.15, 0.2) is 11.9 Å². The molecule has 0 bridgehead atoms. The molecule has 0 spiro atoms. The molecule has 10 atom stereocenters. The highest BCUT2D eigenvalue weighted by molar-refractivity contribution is 7.80. The van der Waals surface area contributed by atoms with E-state index in [0.29, 0.717) is 11.1 Å². The highest BCUT2D eigenvalue weighted by Crippen LogP contribution is 2.20. The fraction of sp³-hybridized carbons (Fsp3) is 0.509. The number of guanidine groups is 2. The number of aromatic hydroxyl groups is 2. The number of amides is 11. The van der Waals surface area contributed by atoms with E-state index < -0.39 is 175 Å². The Morgan fingerprint density at radius 2 is 0.923 bits per heavy atom. The molecule has 0 radical (unpaired) electrons. The second kappa shape index (κ2) is 37.8. The molecule has 3 rings (SSSR count). The summed E-state index contributed by atoms with van der Waals surface area (Å²) in [6.45, 7) is 1.25. The number of carboxylic acid groups (broad SMARTS) is 2. The van der Waals surface area contributed by atoms with Crippen molar-refractivity contribution >= 4 is 101 Å². The van der Waals surface area contributed by atoms with Gasteiger partial charge in [0.1, 0.15) is 65.9 Å². The first-order valence-corrected chi connectivity index (χ1v) is 29.3. The number of phenolic OH excluding ortho intramolecular Hbond substituents is 2. The summed E-state index contributed by atoms with van der Waals surface area (Å²) in [6, 6.07) is -4.23. The van der Waals surface area contributed by atoms with Crippen molar-refractivity contribution in [3.63, 3.8) is 0 Å². The average Bonchev–Trinajstić information content (AvgIpc) is 3.75. The SMILES string of the molecule is C[C@H](NC(=O)[C@H](CCCN=C(N)N)NC(=O)[C@@H](N)CC(=O)O)C(=O)N1CCC[C@H]1C(=O)N[C@@H](CCC(N)=O)C(=O)N[C@@H](CCCN=C(N)N)C(=O)N[C@@H](CS)C(=O)N[C@@H](Cc1ccc(O)cc1)C(=O)N[C@@H](Cc1ccc(O)cc1)C(=O)N[C@@H](CCC(N)=O)C(=O)O. The molecule has 1 aliphatic rings. The van der Waals surface area contributed by atoms with E-state index in [4.69, 9.17) is 45.2 Å². The predicted molar refractivity (Wildman–Crippen MR) is 328 cm³/mol. The van der Waals surface area contributed by atoms with Gasteiger partial charge in [0, 0.05) is 51.1 Å². The summed E-state index contributed by atoms with van der Waals surface area (Å²) in [5.41, 5.74) is 38.9. The van der Waals surface area contributed by atoms with Gasteiger partial charge >= 0.3 is 11.9 Å². The topological polar surface area (TPSA) is 609 Å². The van der Waals surface area contributed by atoms with Crippen LogP contribution in [0.1, 0.15) is 88.7 Å². The minimum Gasteiger partial charge on any atom is -0.508 e. The summed E-state index contributed by atoms with van der Waals surface area (Å²) in [7, 11) is 0. The Morgan fingerprint density at radius 3 is 1.35 bits per heavy atom. The highest BCUT2D eigenvalue weighted by atomic mass is 32.1. The van der Waals surface area contributed by atoms with Crippen LogP contribution in [0.3, 0.4) is 0 Å². The third-order valence-electron chi connectivity index (χ3n) is 13.9. The van der Waals surface area contributed by atoms with Crippen molar-refractivity contribution in [1.82, 2.24) is 47.4 Å². The van der Waals surface area contributed by atoms with Crippen LogP contribution < -0.4 is 82.7 Å². The second-order valence-corrected chi connectivity index (χ2v) is 21.6. The van der Waals surface area contributed by atoms with Crippen LogP contribution in [0.25, 0.3) is 0 Å². The Kier molecular flexibility index (Phi) is 31.2. The number of aliphatic imine (C=N–C) groups is 2. The molecule has 0 aromatic heterocycles. The number of hydrogen-bond acceptors (Lipinski definition) is 19. The van der Waals surface area contributed by atoms with E-state index in [0.717, 1.165) is 4.90 Å². The summed E-state index contributed by atoms with van der Waals surface area (Å²) in [6.07, 6.45) is -3.00. The maximum Gasteiger partial charge on any atom is 0.326 e. The number of primary amides is 2. The van der Waals surface area contributed by atoms with Crippen LogP contribution in [0.4, 0.5) is 0 Å². The number of likely N-dealkylation sites (tertiary alicyclic amines) is 1. The number of hydrogen-bond donors (Lipinski definition) is 20. The van der Waals surface area contributed by atoms with E-state index in [1.165, 1.54) is 55.5 Å². The van der Waals surface area contributed by atoms with Gasteiger partial charge in [-0.2, -0.15) is 12.6 Å². The molecule has 11 amide bonds. The number of carbonyl (C=O) groups is 13. The lowest BCUT2D eigenvalue weighted by atomic mass is 10.0. The molecule has 91 heavy (non-hydrogen) atoms. The summed E-state index contributed by atoms with van der Waals surface area (Å²) < 4.78 is 0. The Balaban J connectivity index is 1.91. The lowest BCUT2D eigenvalue weighted by Crippen LogP contribution is -2.61. The lowest BCUT2D eigenvalue weighted by Gasteiger charge is -2.30. The monoisotopic (exact) mass is 1300 g/mol. The maximum atomic E-state index is 14.4. The highest BCUT2D eigenvalue weighted by Gasteiger charge is 2.40. The van der Waals surface area contributed by atoms with Crippen LogP contribution in [0.5, 0.6) is 11.5 Å². The molecule has 1 heterocycles. The van der Waals surface area contributed by atoms with E-state index in [1.807, 2.05) is 0 Å². The molecule has 2 aromatic carbocycles. The number of rotatable bonds is 39. The minimum atomic E-state index is -1.64. The molecule has 0 aliphatic carbocycles.